The van der Waals surface area contributed by atoms with E-state index in [1.54, 1.807) is 41.5 Å². The quantitative estimate of drug-likeness (QED) is 0.339. The van der Waals surface area contributed by atoms with Crippen LogP contribution in [0.3, 0.4) is 0 Å². The number of anilines is 1. The Morgan fingerprint density at radius 3 is 2.57 bits per heavy atom. The van der Waals surface area contributed by atoms with Crippen LogP contribution in [0.2, 0.25) is 0 Å². The van der Waals surface area contributed by atoms with Crippen LogP contribution in [0.25, 0.3) is 39.0 Å². The minimum absolute atomic E-state index is 0.159. The van der Waals surface area contributed by atoms with Crippen LogP contribution >= 0.6 is 0 Å². The molecule has 0 saturated heterocycles. The summed E-state index contributed by atoms with van der Waals surface area (Å²) in [5, 5.41) is 6.34. The molecule has 0 spiro atoms. The van der Waals surface area contributed by atoms with Crippen LogP contribution in [0.5, 0.6) is 0 Å². The van der Waals surface area contributed by atoms with Gasteiger partial charge >= 0.3 is 0 Å². The van der Waals surface area contributed by atoms with Crippen LogP contribution in [-0.2, 0) is 10.0 Å². The van der Waals surface area contributed by atoms with E-state index in [0.29, 0.717) is 29.8 Å². The van der Waals surface area contributed by atoms with Crippen LogP contribution in [0.1, 0.15) is 12.8 Å². The molecule has 0 atom stereocenters. The van der Waals surface area contributed by atoms with E-state index in [9.17, 15) is 17.2 Å². The van der Waals surface area contributed by atoms with E-state index in [0.717, 1.165) is 28.2 Å². The summed E-state index contributed by atoms with van der Waals surface area (Å²) < 4.78 is 57.8. The van der Waals surface area contributed by atoms with E-state index in [4.69, 9.17) is 0 Å². The highest BCUT2D eigenvalue weighted by Gasteiger charge is 2.35. The summed E-state index contributed by atoms with van der Waals surface area (Å²) in [6, 6.07) is 14.0. The van der Waals surface area contributed by atoms with E-state index >= 15 is 0 Å². The van der Waals surface area contributed by atoms with E-state index in [1.165, 1.54) is 12.1 Å². The molecule has 5 aromatic rings. The maximum Gasteiger partial charge on any atom is 0.235 e. The van der Waals surface area contributed by atoms with Crippen molar-refractivity contribution in [1.82, 2.24) is 19.7 Å². The van der Waals surface area contributed by atoms with Crippen molar-refractivity contribution >= 4 is 26.7 Å². The first-order valence-corrected chi connectivity index (χ1v) is 12.5. The fourth-order valence-electron chi connectivity index (χ4n) is 4.12. The zero-order valence-electron chi connectivity index (χ0n) is 18.2. The molecule has 1 aliphatic rings. The Balaban J connectivity index is 1.49. The van der Waals surface area contributed by atoms with Gasteiger partial charge in [-0.3, -0.25) is 14.4 Å². The Morgan fingerprint density at radius 2 is 1.83 bits per heavy atom. The first-order valence-electron chi connectivity index (χ1n) is 11.0. The highest BCUT2D eigenvalue weighted by atomic mass is 32.2. The highest BCUT2D eigenvalue weighted by molar-refractivity contribution is 7.93. The van der Waals surface area contributed by atoms with Crippen LogP contribution in [0.4, 0.5) is 14.5 Å². The van der Waals surface area contributed by atoms with Gasteiger partial charge in [-0.15, -0.1) is 0 Å². The fraction of sp³-hybridized carbons (Fsp3) is 0.120. The molecule has 2 aromatic heterocycles. The lowest BCUT2D eigenvalue weighted by Crippen LogP contribution is -2.17. The predicted octanol–water partition coefficient (Wildman–Crippen LogP) is 5.26. The first kappa shape index (κ1) is 21.5. The molecule has 3 aromatic carbocycles. The van der Waals surface area contributed by atoms with E-state index in [-0.39, 0.29) is 5.56 Å². The maximum atomic E-state index is 14.6. The Labute approximate surface area is 199 Å². The van der Waals surface area contributed by atoms with E-state index in [2.05, 4.69) is 19.9 Å². The standard InChI is InChI=1S/C25H19F2N5O2S/c26-18-2-5-22(23(27)10-18)16-7-19(31-35(33,34)21-3-4-21)11-20(8-16)32-14-28-24-9-15(1-6-25(24)32)17-12-29-30-13-17/h1-2,5-14,21,31H,3-4H2,(H,29,30). The number of hydrogen-bond donors (Lipinski definition) is 2. The average molecular weight is 492 g/mol. The minimum Gasteiger partial charge on any atom is -0.299 e. The van der Waals surface area contributed by atoms with Gasteiger partial charge in [0, 0.05) is 29.1 Å². The predicted molar refractivity (Wildman–Crippen MR) is 130 cm³/mol. The normalized spacial score (nSPS) is 13.9. The average Bonchev–Trinajstić information content (AvgIpc) is 3.39. The SMILES string of the molecule is O=S(=O)(Nc1cc(-c2ccc(F)cc2F)cc(-n2cnc3cc(-c4cn[nH]c4)ccc32)c1)C1CC1. The van der Waals surface area contributed by atoms with Gasteiger partial charge in [-0.05, 0) is 66.4 Å². The molecule has 6 rings (SSSR count). The summed E-state index contributed by atoms with van der Waals surface area (Å²) in [6.45, 7) is 0. The molecule has 0 unspecified atom stereocenters. The van der Waals surface area contributed by atoms with Gasteiger partial charge in [0.25, 0.3) is 0 Å². The van der Waals surface area contributed by atoms with Crippen molar-refractivity contribution < 1.29 is 17.2 Å². The molecule has 1 fully saturated rings. The second kappa shape index (κ2) is 8.02. The molecule has 2 N–H and O–H groups in total. The largest absolute Gasteiger partial charge is 0.299 e. The summed E-state index contributed by atoms with van der Waals surface area (Å²) in [4.78, 5) is 4.51. The third kappa shape index (κ3) is 4.06. The number of nitrogens with zero attached hydrogens (tertiary/aromatic N) is 3. The Morgan fingerprint density at radius 1 is 0.971 bits per heavy atom. The summed E-state index contributed by atoms with van der Waals surface area (Å²) in [5.41, 5.74) is 4.82. The van der Waals surface area contributed by atoms with Gasteiger partial charge in [-0.1, -0.05) is 6.07 Å². The summed E-state index contributed by atoms with van der Waals surface area (Å²) in [6.07, 6.45) is 6.36. The molecule has 0 amide bonds. The van der Waals surface area contributed by atoms with Gasteiger partial charge in [0.05, 0.1) is 28.2 Å². The molecule has 10 heteroatoms. The third-order valence-corrected chi connectivity index (χ3v) is 7.91. The molecule has 7 nitrogen and oxygen atoms in total. The second-order valence-electron chi connectivity index (χ2n) is 8.54. The summed E-state index contributed by atoms with van der Waals surface area (Å²) >= 11 is 0. The van der Waals surface area contributed by atoms with Crippen molar-refractivity contribution in [3.63, 3.8) is 0 Å². The molecular formula is C25H19F2N5O2S. The second-order valence-corrected chi connectivity index (χ2v) is 10.5. The smallest absolute Gasteiger partial charge is 0.235 e. The number of hydrogen-bond acceptors (Lipinski definition) is 4. The lowest BCUT2D eigenvalue weighted by Gasteiger charge is -2.14. The summed E-state index contributed by atoms with van der Waals surface area (Å²) in [7, 11) is -3.55. The molecule has 35 heavy (non-hydrogen) atoms. The van der Waals surface area contributed by atoms with Crippen LogP contribution in [-0.4, -0.2) is 33.4 Å². The Bertz CT molecular complexity index is 1680. The first-order chi connectivity index (χ1) is 16.9. The van der Waals surface area contributed by atoms with Gasteiger partial charge in [-0.25, -0.2) is 22.2 Å². The van der Waals surface area contributed by atoms with Gasteiger partial charge < -0.3 is 0 Å². The van der Waals surface area contributed by atoms with Crippen LogP contribution in [0, 0.1) is 11.6 Å². The highest BCUT2D eigenvalue weighted by Crippen LogP contribution is 2.34. The van der Waals surface area contributed by atoms with Crippen LogP contribution in [0.15, 0.2) is 73.3 Å². The number of H-pyrrole nitrogens is 1. The molecule has 2 heterocycles. The summed E-state index contributed by atoms with van der Waals surface area (Å²) in [5.74, 6) is -1.43. The van der Waals surface area contributed by atoms with Crippen molar-refractivity contribution in [2.45, 2.75) is 18.1 Å². The lowest BCUT2D eigenvalue weighted by atomic mass is 10.0. The Hall–Kier alpha value is -4.05. The van der Waals surface area contributed by atoms with E-state index < -0.39 is 26.9 Å². The molecule has 0 aliphatic heterocycles. The monoisotopic (exact) mass is 491 g/mol. The number of sulfonamides is 1. The minimum atomic E-state index is -3.55. The zero-order valence-corrected chi connectivity index (χ0v) is 19.1. The topological polar surface area (TPSA) is 92.7 Å². The van der Waals surface area contributed by atoms with Crippen molar-refractivity contribution in [3.8, 4) is 27.9 Å². The Kier molecular flexibility index (Phi) is 4.92. The molecule has 176 valence electrons. The number of rotatable bonds is 6. The number of aromatic nitrogens is 4. The molecule has 0 radical (unpaired) electrons. The number of nitrogens with one attached hydrogen (secondary N) is 2. The molecule has 0 bridgehead atoms. The van der Waals surface area contributed by atoms with Gasteiger partial charge in [-0.2, -0.15) is 5.10 Å². The van der Waals surface area contributed by atoms with Gasteiger partial charge in [0.1, 0.15) is 18.0 Å². The third-order valence-electron chi connectivity index (χ3n) is 6.04. The lowest BCUT2D eigenvalue weighted by molar-refractivity contribution is 0.585. The maximum absolute atomic E-state index is 14.6. The number of benzene rings is 3. The van der Waals surface area contributed by atoms with Crippen LogP contribution < -0.4 is 4.72 Å². The fourth-order valence-corrected chi connectivity index (χ4v) is 5.49. The number of aromatic amines is 1. The van der Waals surface area contributed by atoms with Gasteiger partial charge in [0.15, 0.2) is 0 Å². The molecular weight excluding hydrogens is 472 g/mol. The van der Waals surface area contributed by atoms with Crippen molar-refractivity contribution in [2.24, 2.45) is 0 Å². The number of fused-ring (bicyclic) bond motifs is 1. The molecule has 1 aliphatic carbocycles. The molecule has 1 saturated carbocycles. The van der Waals surface area contributed by atoms with E-state index in [1.807, 2.05) is 18.2 Å². The van der Waals surface area contributed by atoms with Crippen molar-refractivity contribution in [2.75, 3.05) is 4.72 Å². The number of imidazole rings is 1. The van der Waals surface area contributed by atoms with Crippen molar-refractivity contribution in [3.05, 3.63) is 85.0 Å². The number of halogens is 2. The van der Waals surface area contributed by atoms with Gasteiger partial charge in [0.2, 0.25) is 10.0 Å². The zero-order chi connectivity index (χ0) is 24.2. The van der Waals surface area contributed by atoms with Crippen molar-refractivity contribution in [1.29, 1.82) is 0 Å².